The number of hydrogen-bond donors (Lipinski definition) is 1. The summed E-state index contributed by atoms with van der Waals surface area (Å²) in [6.07, 6.45) is 3.30. The molecule has 0 aromatic carbocycles. The van der Waals surface area contributed by atoms with E-state index in [1.165, 1.54) is 12.8 Å². The molecular formula is C13H24O3. The van der Waals surface area contributed by atoms with Crippen LogP contribution in [0.3, 0.4) is 0 Å². The van der Waals surface area contributed by atoms with Crippen LogP contribution in [0.5, 0.6) is 0 Å². The molecule has 2 fully saturated rings. The monoisotopic (exact) mass is 228 g/mol. The van der Waals surface area contributed by atoms with E-state index in [9.17, 15) is 0 Å². The Bertz CT molecular complexity index is 241. The second kappa shape index (κ2) is 4.63. The van der Waals surface area contributed by atoms with Gasteiger partial charge in [0.25, 0.3) is 0 Å². The smallest absolute Gasteiger partial charge is 0.172 e. The van der Waals surface area contributed by atoms with Crippen LogP contribution in [0.1, 0.15) is 40.0 Å². The summed E-state index contributed by atoms with van der Waals surface area (Å²) >= 11 is 0. The lowest BCUT2D eigenvalue weighted by Crippen LogP contribution is -2.47. The summed E-state index contributed by atoms with van der Waals surface area (Å²) in [7, 11) is 0. The largest absolute Gasteiger partial charge is 0.394 e. The van der Waals surface area contributed by atoms with Crippen LogP contribution in [0.2, 0.25) is 0 Å². The number of aliphatic hydroxyl groups excluding tert-OH is 1. The molecule has 0 aromatic heterocycles. The van der Waals surface area contributed by atoms with Crippen molar-refractivity contribution in [3.63, 3.8) is 0 Å². The van der Waals surface area contributed by atoms with Crippen LogP contribution in [0.4, 0.5) is 0 Å². The average molecular weight is 228 g/mol. The number of rotatable bonds is 2. The maximum Gasteiger partial charge on any atom is 0.172 e. The van der Waals surface area contributed by atoms with E-state index in [0.717, 1.165) is 6.42 Å². The molecule has 0 radical (unpaired) electrons. The van der Waals surface area contributed by atoms with Crippen LogP contribution in [0.15, 0.2) is 0 Å². The second-order valence-corrected chi connectivity index (χ2v) is 5.78. The lowest BCUT2D eigenvalue weighted by atomic mass is 9.73. The minimum Gasteiger partial charge on any atom is -0.394 e. The van der Waals surface area contributed by atoms with Gasteiger partial charge in [0.1, 0.15) is 6.10 Å². The molecule has 3 nitrogen and oxygen atoms in total. The van der Waals surface area contributed by atoms with Crippen molar-refractivity contribution < 1.29 is 14.6 Å². The molecule has 2 rings (SSSR count). The van der Waals surface area contributed by atoms with Crippen LogP contribution < -0.4 is 0 Å². The Morgan fingerprint density at radius 2 is 2.12 bits per heavy atom. The summed E-state index contributed by atoms with van der Waals surface area (Å²) in [4.78, 5) is 0. The number of ether oxygens (including phenoxy) is 2. The fourth-order valence-electron chi connectivity index (χ4n) is 3.24. The molecule has 1 N–H and O–H groups in total. The standard InChI is InChI=1S/C13H24O3/c1-9(2)12-5-4-10(3)6-13(12)15-8-11(7-14)16-13/h9-12,14H,4-8H2,1-3H3/t10-,11?,12+,13?/m0/s1. The Morgan fingerprint density at radius 1 is 1.38 bits per heavy atom. The minimum atomic E-state index is -0.404. The van der Waals surface area contributed by atoms with Crippen molar-refractivity contribution in [2.45, 2.75) is 51.9 Å². The molecule has 1 aliphatic heterocycles. The zero-order valence-electron chi connectivity index (χ0n) is 10.6. The van der Waals surface area contributed by atoms with Crippen molar-refractivity contribution in [1.29, 1.82) is 0 Å². The normalized spacial score (nSPS) is 44.4. The van der Waals surface area contributed by atoms with Crippen LogP contribution in [0, 0.1) is 17.8 Å². The van der Waals surface area contributed by atoms with E-state index >= 15 is 0 Å². The summed E-state index contributed by atoms with van der Waals surface area (Å²) in [5.41, 5.74) is 0. The fraction of sp³-hybridized carbons (Fsp3) is 1.00. The molecule has 1 saturated heterocycles. The van der Waals surface area contributed by atoms with E-state index in [4.69, 9.17) is 14.6 Å². The molecule has 4 atom stereocenters. The quantitative estimate of drug-likeness (QED) is 0.787. The summed E-state index contributed by atoms with van der Waals surface area (Å²) in [5, 5.41) is 9.17. The molecule has 1 aliphatic carbocycles. The van der Waals surface area contributed by atoms with Gasteiger partial charge in [0.05, 0.1) is 13.2 Å². The highest BCUT2D eigenvalue weighted by atomic mass is 16.7. The van der Waals surface area contributed by atoms with Crippen LogP contribution in [-0.4, -0.2) is 30.2 Å². The average Bonchev–Trinajstić information content (AvgIpc) is 2.61. The third-order valence-electron chi connectivity index (χ3n) is 4.06. The highest BCUT2D eigenvalue weighted by Crippen LogP contribution is 2.47. The van der Waals surface area contributed by atoms with Gasteiger partial charge in [0.2, 0.25) is 0 Å². The van der Waals surface area contributed by atoms with Crippen LogP contribution in [0.25, 0.3) is 0 Å². The Labute approximate surface area is 98.1 Å². The second-order valence-electron chi connectivity index (χ2n) is 5.78. The number of aliphatic hydroxyl groups is 1. The van der Waals surface area contributed by atoms with Crippen molar-refractivity contribution in [3.8, 4) is 0 Å². The molecule has 1 spiro atoms. The molecule has 1 saturated carbocycles. The van der Waals surface area contributed by atoms with Gasteiger partial charge in [-0.05, 0) is 18.3 Å². The van der Waals surface area contributed by atoms with Gasteiger partial charge in [0, 0.05) is 12.3 Å². The maximum atomic E-state index is 9.17. The molecule has 2 aliphatic rings. The Kier molecular flexibility index (Phi) is 3.57. The van der Waals surface area contributed by atoms with E-state index < -0.39 is 5.79 Å². The van der Waals surface area contributed by atoms with Crippen molar-refractivity contribution >= 4 is 0 Å². The molecule has 3 heteroatoms. The van der Waals surface area contributed by atoms with Gasteiger partial charge in [-0.25, -0.2) is 0 Å². The van der Waals surface area contributed by atoms with Gasteiger partial charge in [-0.1, -0.05) is 27.2 Å². The zero-order valence-corrected chi connectivity index (χ0v) is 10.6. The number of hydrogen-bond acceptors (Lipinski definition) is 3. The summed E-state index contributed by atoms with van der Waals surface area (Å²) < 4.78 is 12.0. The van der Waals surface area contributed by atoms with Crippen LogP contribution >= 0.6 is 0 Å². The Balaban J connectivity index is 2.13. The van der Waals surface area contributed by atoms with Gasteiger partial charge >= 0.3 is 0 Å². The predicted octanol–water partition coefficient (Wildman–Crippen LogP) is 2.18. The lowest BCUT2D eigenvalue weighted by Gasteiger charge is -2.44. The molecule has 0 amide bonds. The minimum absolute atomic E-state index is 0.0704. The third-order valence-corrected chi connectivity index (χ3v) is 4.06. The van der Waals surface area contributed by atoms with E-state index in [-0.39, 0.29) is 12.7 Å². The first kappa shape index (κ1) is 12.3. The first-order chi connectivity index (χ1) is 7.57. The summed E-state index contributed by atoms with van der Waals surface area (Å²) in [6, 6.07) is 0. The van der Waals surface area contributed by atoms with Gasteiger partial charge in [0.15, 0.2) is 5.79 Å². The lowest BCUT2D eigenvalue weighted by molar-refractivity contribution is -0.240. The highest BCUT2D eigenvalue weighted by Gasteiger charge is 2.51. The van der Waals surface area contributed by atoms with E-state index in [0.29, 0.717) is 24.4 Å². The summed E-state index contributed by atoms with van der Waals surface area (Å²) in [6.45, 7) is 7.35. The SMILES string of the molecule is CC(C)[C@H]1CC[C@H](C)CC12OCC(CO)O2. The Hall–Kier alpha value is -0.120. The molecule has 2 unspecified atom stereocenters. The molecule has 0 bridgehead atoms. The van der Waals surface area contributed by atoms with Gasteiger partial charge in [-0.15, -0.1) is 0 Å². The molecule has 16 heavy (non-hydrogen) atoms. The van der Waals surface area contributed by atoms with E-state index in [2.05, 4.69) is 20.8 Å². The van der Waals surface area contributed by atoms with Crippen molar-refractivity contribution in [3.05, 3.63) is 0 Å². The molecule has 94 valence electrons. The third kappa shape index (κ3) is 2.13. The van der Waals surface area contributed by atoms with Gasteiger partial charge in [-0.2, -0.15) is 0 Å². The fourth-order valence-corrected chi connectivity index (χ4v) is 3.24. The first-order valence-corrected chi connectivity index (χ1v) is 6.50. The topological polar surface area (TPSA) is 38.7 Å². The van der Waals surface area contributed by atoms with Gasteiger partial charge in [-0.3, -0.25) is 0 Å². The summed E-state index contributed by atoms with van der Waals surface area (Å²) in [5.74, 6) is 1.30. The Morgan fingerprint density at radius 3 is 2.69 bits per heavy atom. The van der Waals surface area contributed by atoms with E-state index in [1.807, 2.05) is 0 Å². The maximum absolute atomic E-state index is 9.17. The van der Waals surface area contributed by atoms with Crippen molar-refractivity contribution in [2.75, 3.05) is 13.2 Å². The van der Waals surface area contributed by atoms with Gasteiger partial charge < -0.3 is 14.6 Å². The zero-order chi connectivity index (χ0) is 11.8. The van der Waals surface area contributed by atoms with Crippen molar-refractivity contribution in [2.24, 2.45) is 17.8 Å². The molecule has 0 aromatic rings. The highest BCUT2D eigenvalue weighted by molar-refractivity contribution is 4.92. The molecular weight excluding hydrogens is 204 g/mol. The first-order valence-electron chi connectivity index (χ1n) is 6.50. The molecule has 1 heterocycles. The van der Waals surface area contributed by atoms with Crippen LogP contribution in [-0.2, 0) is 9.47 Å². The van der Waals surface area contributed by atoms with E-state index in [1.54, 1.807) is 0 Å². The predicted molar refractivity (Wildman–Crippen MR) is 62.0 cm³/mol. The van der Waals surface area contributed by atoms with Crippen molar-refractivity contribution in [1.82, 2.24) is 0 Å².